The number of benzene rings is 1. The molecule has 1 aliphatic rings. The standard InChI is InChI=1S/C26H41N3O4/c1-4-6-9-22(26(32)33)18-21(16-15-20-13-11-19(8-5-2)12-14-20)25(31)29-23(24(30)27-3)10-7-17-28-29/h11-14,21-23,28H,4-10,15-18H2,1-3H3,(H,27,30)(H,32,33)/t21?,22?,23-/m0/s1. The number of aliphatic carboxylic acids is 1. The van der Waals surface area contributed by atoms with Crippen LogP contribution in [0.3, 0.4) is 0 Å². The van der Waals surface area contributed by atoms with Crippen LogP contribution in [-0.2, 0) is 27.2 Å². The molecule has 1 fully saturated rings. The van der Waals surface area contributed by atoms with Gasteiger partial charge in [-0.2, -0.15) is 0 Å². The zero-order chi connectivity index (χ0) is 24.2. The van der Waals surface area contributed by atoms with Crippen LogP contribution in [0.5, 0.6) is 0 Å². The van der Waals surface area contributed by atoms with Crippen LogP contribution < -0.4 is 10.7 Å². The molecular weight excluding hydrogens is 418 g/mol. The van der Waals surface area contributed by atoms with Crippen LogP contribution in [0.2, 0.25) is 0 Å². The first-order valence-electron chi connectivity index (χ1n) is 12.5. The average Bonchev–Trinajstić information content (AvgIpc) is 2.83. The van der Waals surface area contributed by atoms with E-state index in [0.717, 1.165) is 37.7 Å². The summed E-state index contributed by atoms with van der Waals surface area (Å²) in [5.41, 5.74) is 5.54. The number of hydrogen-bond acceptors (Lipinski definition) is 4. The minimum atomic E-state index is -0.848. The molecule has 0 saturated carbocycles. The van der Waals surface area contributed by atoms with Gasteiger partial charge in [0, 0.05) is 19.5 Å². The lowest BCUT2D eigenvalue weighted by Crippen LogP contribution is -2.59. The predicted molar refractivity (Wildman–Crippen MR) is 129 cm³/mol. The number of aryl methyl sites for hydroxylation is 2. The molecule has 0 bridgehead atoms. The second kappa shape index (κ2) is 14.0. The molecule has 33 heavy (non-hydrogen) atoms. The number of carboxylic acid groups (broad SMARTS) is 1. The van der Waals surface area contributed by atoms with Gasteiger partial charge in [0.1, 0.15) is 6.04 Å². The smallest absolute Gasteiger partial charge is 0.306 e. The van der Waals surface area contributed by atoms with Crippen molar-refractivity contribution in [1.82, 2.24) is 15.8 Å². The topological polar surface area (TPSA) is 98.7 Å². The molecule has 3 atom stereocenters. The lowest BCUT2D eigenvalue weighted by molar-refractivity contribution is -0.151. The molecule has 1 aromatic rings. The van der Waals surface area contributed by atoms with Crippen molar-refractivity contribution in [2.75, 3.05) is 13.6 Å². The van der Waals surface area contributed by atoms with Gasteiger partial charge in [-0.3, -0.25) is 19.4 Å². The fraction of sp³-hybridized carbons (Fsp3) is 0.654. The van der Waals surface area contributed by atoms with Gasteiger partial charge in [-0.1, -0.05) is 57.4 Å². The summed E-state index contributed by atoms with van der Waals surface area (Å²) in [5.74, 6) is -2.24. The van der Waals surface area contributed by atoms with Crippen molar-refractivity contribution >= 4 is 17.8 Å². The number of rotatable bonds is 13. The molecule has 1 saturated heterocycles. The van der Waals surface area contributed by atoms with E-state index < -0.39 is 23.8 Å². The largest absolute Gasteiger partial charge is 0.481 e. The molecule has 7 heteroatoms. The van der Waals surface area contributed by atoms with Crippen LogP contribution in [0, 0.1) is 11.8 Å². The number of carbonyl (C=O) groups excluding carboxylic acids is 2. The molecule has 0 radical (unpaired) electrons. The van der Waals surface area contributed by atoms with Crippen molar-refractivity contribution in [3.8, 4) is 0 Å². The summed E-state index contributed by atoms with van der Waals surface area (Å²) in [6, 6.07) is 7.90. The third kappa shape index (κ3) is 8.14. The van der Waals surface area contributed by atoms with Gasteiger partial charge in [0.05, 0.1) is 5.92 Å². The Bertz CT molecular complexity index is 765. The minimum Gasteiger partial charge on any atom is -0.481 e. The van der Waals surface area contributed by atoms with E-state index in [1.54, 1.807) is 7.05 Å². The Hall–Kier alpha value is -2.41. The number of hydrazine groups is 1. The maximum atomic E-state index is 13.6. The lowest BCUT2D eigenvalue weighted by atomic mass is 9.85. The molecule has 184 valence electrons. The van der Waals surface area contributed by atoms with Gasteiger partial charge in [-0.05, 0) is 56.1 Å². The number of unbranched alkanes of at least 4 members (excludes halogenated alkanes) is 1. The Morgan fingerprint density at radius 1 is 1.06 bits per heavy atom. The number of likely N-dealkylation sites (N-methyl/N-ethyl adjacent to an activating group) is 1. The van der Waals surface area contributed by atoms with E-state index in [1.165, 1.54) is 10.6 Å². The number of nitrogens with one attached hydrogen (secondary N) is 2. The molecule has 2 rings (SSSR count). The first-order valence-corrected chi connectivity index (χ1v) is 12.5. The normalized spacial score (nSPS) is 17.9. The van der Waals surface area contributed by atoms with E-state index in [1.807, 2.05) is 6.92 Å². The van der Waals surface area contributed by atoms with Crippen molar-refractivity contribution in [2.24, 2.45) is 11.8 Å². The summed E-state index contributed by atoms with van der Waals surface area (Å²) in [6.45, 7) is 4.82. The third-order valence-electron chi connectivity index (χ3n) is 6.55. The Morgan fingerprint density at radius 3 is 2.30 bits per heavy atom. The maximum Gasteiger partial charge on any atom is 0.306 e. The fourth-order valence-corrected chi connectivity index (χ4v) is 4.56. The van der Waals surface area contributed by atoms with E-state index in [0.29, 0.717) is 38.6 Å². The van der Waals surface area contributed by atoms with Crippen LogP contribution in [0.4, 0.5) is 0 Å². The molecule has 7 nitrogen and oxygen atoms in total. The highest BCUT2D eigenvalue weighted by molar-refractivity contribution is 5.88. The fourth-order valence-electron chi connectivity index (χ4n) is 4.56. The molecule has 2 amide bonds. The second-order valence-electron chi connectivity index (χ2n) is 9.10. The van der Waals surface area contributed by atoms with Crippen molar-refractivity contribution in [1.29, 1.82) is 0 Å². The first-order chi connectivity index (χ1) is 15.9. The van der Waals surface area contributed by atoms with Gasteiger partial charge < -0.3 is 10.4 Å². The summed E-state index contributed by atoms with van der Waals surface area (Å²) in [6.07, 6.45) is 7.39. The summed E-state index contributed by atoms with van der Waals surface area (Å²) >= 11 is 0. The molecule has 0 aromatic heterocycles. The predicted octanol–water partition coefficient (Wildman–Crippen LogP) is 3.71. The van der Waals surface area contributed by atoms with E-state index in [2.05, 4.69) is 41.9 Å². The van der Waals surface area contributed by atoms with Gasteiger partial charge in [0.15, 0.2) is 0 Å². The minimum absolute atomic E-state index is 0.173. The van der Waals surface area contributed by atoms with Crippen LogP contribution in [0.15, 0.2) is 24.3 Å². The van der Waals surface area contributed by atoms with Gasteiger partial charge in [-0.15, -0.1) is 0 Å². The van der Waals surface area contributed by atoms with E-state index >= 15 is 0 Å². The monoisotopic (exact) mass is 459 g/mol. The number of carboxylic acids is 1. The van der Waals surface area contributed by atoms with Crippen LogP contribution >= 0.6 is 0 Å². The van der Waals surface area contributed by atoms with Gasteiger partial charge in [-0.25, -0.2) is 5.43 Å². The first kappa shape index (κ1) is 26.8. The molecule has 0 aliphatic carbocycles. The highest BCUT2D eigenvalue weighted by atomic mass is 16.4. The highest BCUT2D eigenvalue weighted by Gasteiger charge is 2.36. The molecule has 0 spiro atoms. The van der Waals surface area contributed by atoms with Gasteiger partial charge in [0.25, 0.3) is 0 Å². The average molecular weight is 460 g/mol. The van der Waals surface area contributed by atoms with Crippen LogP contribution in [0.1, 0.15) is 76.3 Å². The highest BCUT2D eigenvalue weighted by Crippen LogP contribution is 2.26. The summed E-state index contributed by atoms with van der Waals surface area (Å²) in [4.78, 5) is 37.9. The molecule has 3 N–H and O–H groups in total. The maximum absolute atomic E-state index is 13.6. The molecule has 1 heterocycles. The quantitative estimate of drug-likeness (QED) is 0.418. The number of carbonyl (C=O) groups is 3. The lowest BCUT2D eigenvalue weighted by Gasteiger charge is -2.37. The Morgan fingerprint density at radius 2 is 1.73 bits per heavy atom. The zero-order valence-corrected chi connectivity index (χ0v) is 20.4. The van der Waals surface area contributed by atoms with Crippen molar-refractivity contribution in [3.63, 3.8) is 0 Å². The number of amides is 2. The third-order valence-corrected chi connectivity index (χ3v) is 6.55. The van der Waals surface area contributed by atoms with Crippen LogP contribution in [0.25, 0.3) is 0 Å². The summed E-state index contributed by atoms with van der Waals surface area (Å²) in [5, 5.41) is 13.9. The molecule has 1 aromatic carbocycles. The van der Waals surface area contributed by atoms with Crippen LogP contribution in [-0.4, -0.2) is 47.5 Å². The Kier molecular flexibility index (Phi) is 11.4. The summed E-state index contributed by atoms with van der Waals surface area (Å²) in [7, 11) is 1.57. The molecule has 1 aliphatic heterocycles. The Balaban J connectivity index is 2.19. The molecule has 2 unspecified atom stereocenters. The zero-order valence-electron chi connectivity index (χ0n) is 20.4. The van der Waals surface area contributed by atoms with Crippen molar-refractivity contribution in [2.45, 2.75) is 84.1 Å². The number of hydrogen-bond donors (Lipinski definition) is 3. The van der Waals surface area contributed by atoms with Crippen molar-refractivity contribution < 1.29 is 19.5 Å². The summed E-state index contributed by atoms with van der Waals surface area (Å²) < 4.78 is 0. The van der Waals surface area contributed by atoms with Gasteiger partial charge >= 0.3 is 5.97 Å². The van der Waals surface area contributed by atoms with E-state index in [4.69, 9.17) is 0 Å². The number of nitrogens with zero attached hydrogens (tertiary/aromatic N) is 1. The van der Waals surface area contributed by atoms with Gasteiger partial charge in [0.2, 0.25) is 11.8 Å². The van der Waals surface area contributed by atoms with E-state index in [9.17, 15) is 19.5 Å². The Labute approximate surface area is 198 Å². The molecular formula is C26H41N3O4. The second-order valence-corrected chi connectivity index (χ2v) is 9.10. The SMILES string of the molecule is CCCCC(CC(CCc1ccc(CCC)cc1)C(=O)N1NCCC[C@H]1C(=O)NC)C(=O)O. The van der Waals surface area contributed by atoms with E-state index in [-0.39, 0.29) is 11.8 Å². The van der Waals surface area contributed by atoms with Crippen molar-refractivity contribution in [3.05, 3.63) is 35.4 Å².